The summed E-state index contributed by atoms with van der Waals surface area (Å²) in [5.41, 5.74) is 0.566. The number of thiophene rings is 1. The first kappa shape index (κ1) is 15.8. The van der Waals surface area contributed by atoms with Crippen LogP contribution in [0.3, 0.4) is 0 Å². The Morgan fingerprint density at radius 3 is 2.38 bits per heavy atom. The number of rotatable bonds is 6. The second kappa shape index (κ2) is 6.91. The van der Waals surface area contributed by atoms with Gasteiger partial charge in [-0.25, -0.2) is 4.39 Å². The van der Waals surface area contributed by atoms with Crippen molar-refractivity contribution in [2.45, 2.75) is 19.9 Å². The van der Waals surface area contributed by atoms with Crippen LogP contribution in [-0.2, 0) is 0 Å². The molecule has 1 aromatic carbocycles. The van der Waals surface area contributed by atoms with Crippen molar-refractivity contribution in [3.05, 3.63) is 45.4 Å². The molecule has 0 spiro atoms. The average molecular weight is 309 g/mol. The van der Waals surface area contributed by atoms with E-state index in [0.717, 1.165) is 11.4 Å². The second-order valence-corrected chi connectivity index (χ2v) is 5.99. The fraction of sp³-hybridized carbons (Fsp3) is 0.375. The Hall–Kier alpha value is -1.59. The van der Waals surface area contributed by atoms with Crippen molar-refractivity contribution < 1.29 is 13.9 Å². The summed E-state index contributed by atoms with van der Waals surface area (Å²) in [6.45, 7) is 4.80. The standard InChI is InChI=1S/C16H20FNO2S/c1-5-18-16(15-7-6-10(2)21-15)11-8-13(19-3)14(20-4)9-12(11)17/h6-9,16,18H,5H2,1-4H3. The van der Waals surface area contributed by atoms with E-state index in [9.17, 15) is 4.39 Å². The fourth-order valence-corrected chi connectivity index (χ4v) is 3.24. The molecule has 1 unspecified atom stereocenters. The van der Waals surface area contributed by atoms with Crippen molar-refractivity contribution in [2.24, 2.45) is 0 Å². The van der Waals surface area contributed by atoms with E-state index in [1.54, 1.807) is 24.5 Å². The zero-order valence-corrected chi connectivity index (χ0v) is 13.5. The van der Waals surface area contributed by atoms with E-state index in [1.165, 1.54) is 18.1 Å². The molecule has 5 heteroatoms. The van der Waals surface area contributed by atoms with Gasteiger partial charge in [-0.3, -0.25) is 0 Å². The number of methoxy groups -OCH3 is 2. The fourth-order valence-electron chi connectivity index (χ4n) is 2.27. The van der Waals surface area contributed by atoms with Crippen molar-refractivity contribution in [2.75, 3.05) is 20.8 Å². The number of ether oxygens (including phenoxy) is 2. The first-order valence-corrected chi connectivity index (χ1v) is 7.63. The Labute approximate surface area is 128 Å². The Balaban J connectivity index is 2.49. The van der Waals surface area contributed by atoms with Crippen LogP contribution in [0.15, 0.2) is 24.3 Å². The lowest BCUT2D eigenvalue weighted by Crippen LogP contribution is -2.22. The van der Waals surface area contributed by atoms with Gasteiger partial charge in [0.05, 0.1) is 20.3 Å². The zero-order valence-electron chi connectivity index (χ0n) is 12.7. The Morgan fingerprint density at radius 2 is 1.86 bits per heavy atom. The average Bonchev–Trinajstić information content (AvgIpc) is 2.91. The van der Waals surface area contributed by atoms with Gasteiger partial charge in [0.2, 0.25) is 0 Å². The number of aryl methyl sites for hydroxylation is 1. The van der Waals surface area contributed by atoms with Crippen molar-refractivity contribution in [1.82, 2.24) is 5.32 Å². The summed E-state index contributed by atoms with van der Waals surface area (Å²) >= 11 is 1.66. The summed E-state index contributed by atoms with van der Waals surface area (Å²) in [5.74, 6) is 0.631. The molecule has 0 aliphatic rings. The molecule has 0 saturated heterocycles. The molecule has 0 bridgehead atoms. The minimum absolute atomic E-state index is 0.187. The van der Waals surface area contributed by atoms with Gasteiger partial charge < -0.3 is 14.8 Å². The lowest BCUT2D eigenvalue weighted by Gasteiger charge is -2.19. The normalized spacial score (nSPS) is 12.2. The van der Waals surface area contributed by atoms with E-state index in [-0.39, 0.29) is 11.9 Å². The minimum Gasteiger partial charge on any atom is -0.493 e. The number of hydrogen-bond acceptors (Lipinski definition) is 4. The molecule has 0 aliphatic heterocycles. The molecule has 0 aliphatic carbocycles. The highest BCUT2D eigenvalue weighted by molar-refractivity contribution is 7.12. The summed E-state index contributed by atoms with van der Waals surface area (Å²) < 4.78 is 24.9. The molecular weight excluding hydrogens is 289 g/mol. The van der Waals surface area contributed by atoms with Crippen LogP contribution in [0.2, 0.25) is 0 Å². The van der Waals surface area contributed by atoms with Crippen LogP contribution in [0.25, 0.3) is 0 Å². The van der Waals surface area contributed by atoms with E-state index in [1.807, 2.05) is 26.0 Å². The maximum Gasteiger partial charge on any atom is 0.163 e. The summed E-state index contributed by atoms with van der Waals surface area (Å²) in [7, 11) is 3.05. The largest absolute Gasteiger partial charge is 0.493 e. The van der Waals surface area contributed by atoms with E-state index in [0.29, 0.717) is 17.1 Å². The lowest BCUT2D eigenvalue weighted by atomic mass is 10.0. The summed E-state index contributed by atoms with van der Waals surface area (Å²) in [6, 6.07) is 6.97. The highest BCUT2D eigenvalue weighted by Gasteiger charge is 2.21. The predicted octanol–water partition coefficient (Wildman–Crippen LogP) is 3.91. The molecule has 1 heterocycles. The third kappa shape index (κ3) is 3.36. The van der Waals surface area contributed by atoms with Crippen molar-refractivity contribution >= 4 is 11.3 Å². The summed E-state index contributed by atoms with van der Waals surface area (Å²) in [6.07, 6.45) is 0. The Morgan fingerprint density at radius 1 is 1.19 bits per heavy atom. The van der Waals surface area contributed by atoms with Crippen LogP contribution in [0.5, 0.6) is 11.5 Å². The summed E-state index contributed by atoms with van der Waals surface area (Å²) in [5, 5.41) is 3.33. The van der Waals surface area contributed by atoms with Gasteiger partial charge in [-0.1, -0.05) is 6.92 Å². The SMILES string of the molecule is CCNC(c1ccc(C)s1)c1cc(OC)c(OC)cc1F. The Bertz CT molecular complexity index is 612. The van der Waals surface area contributed by atoms with E-state index >= 15 is 0 Å². The van der Waals surface area contributed by atoms with Crippen molar-refractivity contribution in [1.29, 1.82) is 0 Å². The third-order valence-corrected chi connectivity index (χ3v) is 4.33. The molecule has 1 atom stereocenters. The molecule has 0 radical (unpaired) electrons. The molecule has 0 amide bonds. The van der Waals surface area contributed by atoms with Crippen LogP contribution in [0, 0.1) is 12.7 Å². The smallest absolute Gasteiger partial charge is 0.163 e. The highest BCUT2D eigenvalue weighted by Crippen LogP contribution is 2.36. The van der Waals surface area contributed by atoms with Gasteiger partial charge in [0, 0.05) is 21.4 Å². The minimum atomic E-state index is -0.301. The van der Waals surface area contributed by atoms with Gasteiger partial charge in [-0.15, -0.1) is 11.3 Å². The van der Waals surface area contributed by atoms with Crippen LogP contribution < -0.4 is 14.8 Å². The molecule has 3 nitrogen and oxygen atoms in total. The third-order valence-electron chi connectivity index (χ3n) is 3.27. The van der Waals surface area contributed by atoms with E-state index in [4.69, 9.17) is 9.47 Å². The quantitative estimate of drug-likeness (QED) is 0.877. The van der Waals surface area contributed by atoms with Crippen LogP contribution >= 0.6 is 11.3 Å². The predicted molar refractivity (Wildman–Crippen MR) is 84.1 cm³/mol. The van der Waals surface area contributed by atoms with Gasteiger partial charge >= 0.3 is 0 Å². The molecule has 2 rings (SSSR count). The molecule has 0 fully saturated rings. The topological polar surface area (TPSA) is 30.5 Å². The maximum atomic E-state index is 14.4. The highest BCUT2D eigenvalue weighted by atomic mass is 32.1. The van der Waals surface area contributed by atoms with Gasteiger partial charge in [0.25, 0.3) is 0 Å². The van der Waals surface area contributed by atoms with Crippen molar-refractivity contribution in [3.63, 3.8) is 0 Å². The first-order chi connectivity index (χ1) is 10.1. The molecule has 0 saturated carbocycles. The molecular formula is C16H20FNO2S. The summed E-state index contributed by atoms with van der Waals surface area (Å²) in [4.78, 5) is 2.29. The number of nitrogens with one attached hydrogen (secondary N) is 1. The molecule has 1 N–H and O–H groups in total. The number of benzene rings is 1. The van der Waals surface area contributed by atoms with Gasteiger partial charge in [0.15, 0.2) is 11.5 Å². The van der Waals surface area contributed by atoms with Crippen molar-refractivity contribution in [3.8, 4) is 11.5 Å². The molecule has 2 aromatic rings. The van der Waals surface area contributed by atoms with Crippen LogP contribution in [-0.4, -0.2) is 20.8 Å². The number of hydrogen-bond donors (Lipinski definition) is 1. The Kier molecular flexibility index (Phi) is 5.20. The lowest BCUT2D eigenvalue weighted by molar-refractivity contribution is 0.351. The van der Waals surface area contributed by atoms with E-state index < -0.39 is 0 Å². The monoisotopic (exact) mass is 309 g/mol. The van der Waals surface area contributed by atoms with E-state index in [2.05, 4.69) is 5.32 Å². The molecule has 1 aromatic heterocycles. The van der Waals surface area contributed by atoms with Gasteiger partial charge in [-0.2, -0.15) is 0 Å². The van der Waals surface area contributed by atoms with Crippen LogP contribution in [0.1, 0.15) is 28.3 Å². The molecule has 21 heavy (non-hydrogen) atoms. The van der Waals surface area contributed by atoms with Crippen LogP contribution in [0.4, 0.5) is 4.39 Å². The van der Waals surface area contributed by atoms with Gasteiger partial charge in [0.1, 0.15) is 5.82 Å². The van der Waals surface area contributed by atoms with Gasteiger partial charge in [-0.05, 0) is 31.7 Å². The zero-order chi connectivity index (χ0) is 15.4. The number of halogens is 1. The maximum absolute atomic E-state index is 14.4. The second-order valence-electron chi connectivity index (χ2n) is 4.67. The molecule has 114 valence electrons. The first-order valence-electron chi connectivity index (χ1n) is 6.81.